The van der Waals surface area contributed by atoms with E-state index in [-0.39, 0.29) is 5.91 Å². The lowest BCUT2D eigenvalue weighted by atomic mass is 9.85. The van der Waals surface area contributed by atoms with Crippen LogP contribution < -0.4 is 15.4 Å². The van der Waals surface area contributed by atoms with Crippen LogP contribution in [0, 0.1) is 11.8 Å². The number of amides is 1. The summed E-state index contributed by atoms with van der Waals surface area (Å²) < 4.78 is 5.55. The molecule has 1 fully saturated rings. The van der Waals surface area contributed by atoms with Gasteiger partial charge in [0.1, 0.15) is 12.4 Å². The Morgan fingerprint density at radius 2 is 2.24 bits per heavy atom. The Hall–Kier alpha value is -1.55. The van der Waals surface area contributed by atoms with Gasteiger partial charge in [0, 0.05) is 6.42 Å². The van der Waals surface area contributed by atoms with E-state index in [2.05, 4.69) is 17.6 Å². The Morgan fingerprint density at radius 1 is 1.43 bits per heavy atom. The first-order valence-corrected chi connectivity index (χ1v) is 7.91. The third-order valence-electron chi connectivity index (χ3n) is 4.08. The molecule has 0 saturated carbocycles. The van der Waals surface area contributed by atoms with E-state index in [0.717, 1.165) is 18.8 Å². The molecule has 0 aliphatic carbocycles. The molecule has 0 aromatic heterocycles. The van der Waals surface area contributed by atoms with Crippen LogP contribution in [-0.4, -0.2) is 32.1 Å². The standard InChI is InChI=1S/C17H26N2O2/c1-14(15-6-5-9-18-13-15)12-17(20)19-10-11-21-16-7-3-2-4-8-16/h2-4,7-8,14-15,18H,5-6,9-13H2,1H3,(H,19,20). The quantitative estimate of drug-likeness (QED) is 0.757. The van der Waals surface area contributed by atoms with Gasteiger partial charge in [-0.15, -0.1) is 0 Å². The maximum atomic E-state index is 11.9. The zero-order chi connectivity index (χ0) is 14.9. The average Bonchev–Trinajstić information content (AvgIpc) is 2.53. The second-order valence-electron chi connectivity index (χ2n) is 5.80. The maximum Gasteiger partial charge on any atom is 0.220 e. The number of rotatable bonds is 7. The van der Waals surface area contributed by atoms with Crippen LogP contribution >= 0.6 is 0 Å². The van der Waals surface area contributed by atoms with Gasteiger partial charge in [-0.1, -0.05) is 25.1 Å². The first kappa shape index (κ1) is 15.8. The second-order valence-corrected chi connectivity index (χ2v) is 5.80. The Bertz CT molecular complexity index is 416. The molecule has 4 heteroatoms. The van der Waals surface area contributed by atoms with Crippen LogP contribution in [0.2, 0.25) is 0 Å². The van der Waals surface area contributed by atoms with E-state index in [1.165, 1.54) is 12.8 Å². The summed E-state index contributed by atoms with van der Waals surface area (Å²) in [6.45, 7) is 5.41. The van der Waals surface area contributed by atoms with Crippen molar-refractivity contribution in [1.29, 1.82) is 0 Å². The van der Waals surface area contributed by atoms with E-state index in [1.54, 1.807) is 0 Å². The van der Waals surface area contributed by atoms with Gasteiger partial charge in [-0.25, -0.2) is 0 Å². The number of hydrogen-bond acceptors (Lipinski definition) is 3. The first-order chi connectivity index (χ1) is 10.3. The molecule has 116 valence electrons. The van der Waals surface area contributed by atoms with Gasteiger partial charge >= 0.3 is 0 Å². The molecule has 1 aliphatic heterocycles. The van der Waals surface area contributed by atoms with E-state index < -0.39 is 0 Å². The third-order valence-corrected chi connectivity index (χ3v) is 4.08. The number of benzene rings is 1. The van der Waals surface area contributed by atoms with E-state index >= 15 is 0 Å². The van der Waals surface area contributed by atoms with Crippen molar-refractivity contribution >= 4 is 5.91 Å². The monoisotopic (exact) mass is 290 g/mol. The van der Waals surface area contributed by atoms with Gasteiger partial charge in [-0.3, -0.25) is 4.79 Å². The molecule has 2 N–H and O–H groups in total. The molecule has 1 saturated heterocycles. The predicted molar refractivity (Wildman–Crippen MR) is 84.3 cm³/mol. The molecule has 21 heavy (non-hydrogen) atoms. The second kappa shape index (κ2) is 8.67. The minimum Gasteiger partial charge on any atom is -0.492 e. The summed E-state index contributed by atoms with van der Waals surface area (Å²) >= 11 is 0. The molecule has 2 unspecified atom stereocenters. The van der Waals surface area contributed by atoms with Crippen molar-refractivity contribution in [3.63, 3.8) is 0 Å². The Morgan fingerprint density at radius 3 is 2.95 bits per heavy atom. The lowest BCUT2D eigenvalue weighted by Gasteiger charge is -2.28. The van der Waals surface area contributed by atoms with Gasteiger partial charge in [-0.05, 0) is 49.9 Å². The SMILES string of the molecule is CC(CC(=O)NCCOc1ccccc1)C1CCCNC1. The fourth-order valence-corrected chi connectivity index (χ4v) is 2.77. The van der Waals surface area contributed by atoms with Crippen LogP contribution in [0.15, 0.2) is 30.3 Å². The van der Waals surface area contributed by atoms with Crippen molar-refractivity contribution in [3.05, 3.63) is 30.3 Å². The molecule has 2 rings (SSSR count). The van der Waals surface area contributed by atoms with Gasteiger partial charge in [0.05, 0.1) is 6.54 Å². The van der Waals surface area contributed by atoms with Gasteiger partial charge in [-0.2, -0.15) is 0 Å². The van der Waals surface area contributed by atoms with E-state index in [9.17, 15) is 4.79 Å². The maximum absolute atomic E-state index is 11.9. The number of ether oxygens (including phenoxy) is 1. The highest BCUT2D eigenvalue weighted by Gasteiger charge is 2.21. The van der Waals surface area contributed by atoms with Gasteiger partial charge in [0.15, 0.2) is 0 Å². The summed E-state index contributed by atoms with van der Waals surface area (Å²) in [5, 5.41) is 6.35. The first-order valence-electron chi connectivity index (χ1n) is 7.91. The minimum absolute atomic E-state index is 0.129. The number of piperidine rings is 1. The molecule has 1 aromatic rings. The van der Waals surface area contributed by atoms with Crippen LogP contribution in [0.5, 0.6) is 5.75 Å². The van der Waals surface area contributed by atoms with Crippen LogP contribution in [0.4, 0.5) is 0 Å². The summed E-state index contributed by atoms with van der Waals surface area (Å²) in [6.07, 6.45) is 3.07. The van der Waals surface area contributed by atoms with E-state index in [4.69, 9.17) is 4.74 Å². The third kappa shape index (κ3) is 5.76. The van der Waals surface area contributed by atoms with Crippen molar-refractivity contribution in [2.75, 3.05) is 26.2 Å². The van der Waals surface area contributed by atoms with Gasteiger partial charge < -0.3 is 15.4 Å². The molecule has 1 amide bonds. The molecular weight excluding hydrogens is 264 g/mol. The highest BCUT2D eigenvalue weighted by Crippen LogP contribution is 2.22. The minimum atomic E-state index is 0.129. The molecule has 0 spiro atoms. The summed E-state index contributed by atoms with van der Waals surface area (Å²) in [5.41, 5.74) is 0. The van der Waals surface area contributed by atoms with Crippen molar-refractivity contribution < 1.29 is 9.53 Å². The Balaban J connectivity index is 1.58. The van der Waals surface area contributed by atoms with Crippen LogP contribution in [0.1, 0.15) is 26.2 Å². The number of para-hydroxylation sites is 1. The summed E-state index contributed by atoms with van der Waals surface area (Å²) in [5.74, 6) is 2.04. The summed E-state index contributed by atoms with van der Waals surface area (Å²) in [7, 11) is 0. The summed E-state index contributed by atoms with van der Waals surface area (Å²) in [6, 6.07) is 9.66. The average molecular weight is 290 g/mol. The number of hydrogen-bond donors (Lipinski definition) is 2. The zero-order valence-corrected chi connectivity index (χ0v) is 12.8. The van der Waals surface area contributed by atoms with Crippen molar-refractivity contribution in [3.8, 4) is 5.75 Å². The van der Waals surface area contributed by atoms with E-state index in [0.29, 0.717) is 31.4 Å². The molecular formula is C17H26N2O2. The smallest absolute Gasteiger partial charge is 0.220 e. The van der Waals surface area contributed by atoms with Crippen LogP contribution in [-0.2, 0) is 4.79 Å². The number of carbonyl (C=O) groups is 1. The zero-order valence-electron chi connectivity index (χ0n) is 12.8. The molecule has 1 aromatic carbocycles. The Labute approximate surface area is 127 Å². The van der Waals surface area contributed by atoms with Crippen molar-refractivity contribution in [1.82, 2.24) is 10.6 Å². The lowest BCUT2D eigenvalue weighted by molar-refractivity contribution is -0.122. The fraction of sp³-hybridized carbons (Fsp3) is 0.588. The molecule has 0 radical (unpaired) electrons. The van der Waals surface area contributed by atoms with Crippen molar-refractivity contribution in [2.24, 2.45) is 11.8 Å². The fourth-order valence-electron chi connectivity index (χ4n) is 2.77. The lowest BCUT2D eigenvalue weighted by Crippen LogP contribution is -2.36. The van der Waals surface area contributed by atoms with Gasteiger partial charge in [0.2, 0.25) is 5.91 Å². The molecule has 1 aliphatic rings. The Kier molecular flexibility index (Phi) is 6.54. The molecule has 1 heterocycles. The topological polar surface area (TPSA) is 50.4 Å². The van der Waals surface area contributed by atoms with Crippen LogP contribution in [0.3, 0.4) is 0 Å². The summed E-state index contributed by atoms with van der Waals surface area (Å²) in [4.78, 5) is 11.9. The highest BCUT2D eigenvalue weighted by atomic mass is 16.5. The number of nitrogens with one attached hydrogen (secondary N) is 2. The normalized spacial score (nSPS) is 19.8. The van der Waals surface area contributed by atoms with E-state index in [1.807, 2.05) is 30.3 Å². The number of carbonyl (C=O) groups excluding carboxylic acids is 1. The predicted octanol–water partition coefficient (Wildman–Crippen LogP) is 2.21. The van der Waals surface area contributed by atoms with Crippen LogP contribution in [0.25, 0.3) is 0 Å². The molecule has 2 atom stereocenters. The largest absolute Gasteiger partial charge is 0.492 e. The molecule has 0 bridgehead atoms. The highest BCUT2D eigenvalue weighted by molar-refractivity contribution is 5.76. The van der Waals surface area contributed by atoms with Crippen molar-refractivity contribution in [2.45, 2.75) is 26.2 Å². The molecule has 4 nitrogen and oxygen atoms in total. The van der Waals surface area contributed by atoms with Gasteiger partial charge in [0.25, 0.3) is 0 Å².